The molecule has 3 amide bonds. The maximum Gasteiger partial charge on any atom is 0.286 e. The van der Waals surface area contributed by atoms with Gasteiger partial charge >= 0.3 is 0 Å². The van der Waals surface area contributed by atoms with Crippen molar-refractivity contribution in [3.8, 4) is 0 Å². The van der Waals surface area contributed by atoms with Gasteiger partial charge in [0.25, 0.3) is 11.8 Å². The van der Waals surface area contributed by atoms with E-state index in [1.165, 1.54) is 6.26 Å². The van der Waals surface area contributed by atoms with E-state index in [-0.39, 0.29) is 48.7 Å². The van der Waals surface area contributed by atoms with E-state index >= 15 is 0 Å². The number of carbonyl (C=O) groups excluding carboxylic acids is 3. The molecular formula is C22H27N3O5. The van der Waals surface area contributed by atoms with Crippen molar-refractivity contribution in [3.63, 3.8) is 0 Å². The summed E-state index contributed by atoms with van der Waals surface area (Å²) in [6.07, 6.45) is 1.63. The van der Waals surface area contributed by atoms with Crippen molar-refractivity contribution in [1.29, 1.82) is 0 Å². The van der Waals surface area contributed by atoms with Crippen LogP contribution in [0.3, 0.4) is 0 Å². The molecule has 1 aliphatic heterocycles. The largest absolute Gasteiger partial charge is 0.459 e. The van der Waals surface area contributed by atoms with E-state index in [9.17, 15) is 14.4 Å². The second kappa shape index (κ2) is 10.1. The molecule has 1 fully saturated rings. The summed E-state index contributed by atoms with van der Waals surface area (Å²) < 4.78 is 10.7. The van der Waals surface area contributed by atoms with Crippen molar-refractivity contribution in [2.24, 2.45) is 0 Å². The summed E-state index contributed by atoms with van der Waals surface area (Å²) in [5.74, 6) is -0.325. The number of hydrogen-bond acceptors (Lipinski definition) is 5. The lowest BCUT2D eigenvalue weighted by Gasteiger charge is -2.35. The molecule has 1 saturated heterocycles. The van der Waals surface area contributed by atoms with E-state index in [1.807, 2.05) is 30.9 Å². The number of rotatable bonds is 7. The van der Waals surface area contributed by atoms with E-state index in [4.69, 9.17) is 9.15 Å². The molecule has 2 aromatic rings. The number of nitrogens with zero attached hydrogens (tertiary/aromatic N) is 1. The molecule has 0 spiro atoms. The Kier molecular flexibility index (Phi) is 7.24. The third kappa shape index (κ3) is 5.93. The summed E-state index contributed by atoms with van der Waals surface area (Å²) in [6, 6.07) is 10.4. The molecule has 160 valence electrons. The van der Waals surface area contributed by atoms with Gasteiger partial charge in [0.05, 0.1) is 18.5 Å². The first-order chi connectivity index (χ1) is 14.4. The van der Waals surface area contributed by atoms with Gasteiger partial charge in [-0.1, -0.05) is 12.1 Å². The van der Waals surface area contributed by atoms with Gasteiger partial charge in [-0.25, -0.2) is 0 Å². The van der Waals surface area contributed by atoms with E-state index in [0.717, 1.165) is 5.56 Å². The molecule has 0 radical (unpaired) electrons. The van der Waals surface area contributed by atoms with E-state index in [0.29, 0.717) is 25.2 Å². The van der Waals surface area contributed by atoms with Crippen LogP contribution in [-0.4, -0.2) is 54.5 Å². The maximum absolute atomic E-state index is 12.7. The molecule has 3 rings (SSSR count). The third-order valence-corrected chi connectivity index (χ3v) is 4.78. The Morgan fingerprint density at radius 2 is 1.73 bits per heavy atom. The molecule has 2 unspecified atom stereocenters. The Morgan fingerprint density at radius 1 is 1.03 bits per heavy atom. The van der Waals surface area contributed by atoms with Crippen LogP contribution >= 0.6 is 0 Å². The Morgan fingerprint density at radius 3 is 2.37 bits per heavy atom. The van der Waals surface area contributed by atoms with Crippen molar-refractivity contribution in [3.05, 3.63) is 59.5 Å². The lowest BCUT2D eigenvalue weighted by atomic mass is 10.1. The molecule has 8 nitrogen and oxygen atoms in total. The number of carbonyl (C=O) groups is 3. The van der Waals surface area contributed by atoms with Gasteiger partial charge in [0, 0.05) is 38.2 Å². The first-order valence-electron chi connectivity index (χ1n) is 10.0. The lowest BCUT2D eigenvalue weighted by molar-refractivity contribution is -0.121. The molecule has 0 bridgehead atoms. The van der Waals surface area contributed by atoms with E-state index in [2.05, 4.69) is 10.6 Å². The fourth-order valence-corrected chi connectivity index (χ4v) is 3.36. The SMILES string of the molecule is CC1CN(C(=O)c2ccc(CNC(=O)CCNC(=O)c3ccco3)cc2)CC(C)O1. The van der Waals surface area contributed by atoms with Gasteiger partial charge in [-0.2, -0.15) is 0 Å². The van der Waals surface area contributed by atoms with Crippen molar-refractivity contribution in [2.45, 2.75) is 39.0 Å². The minimum absolute atomic E-state index is 0.0140. The van der Waals surface area contributed by atoms with Gasteiger partial charge < -0.3 is 24.7 Å². The molecule has 0 aliphatic carbocycles. The maximum atomic E-state index is 12.7. The van der Waals surface area contributed by atoms with Crippen LogP contribution in [0.15, 0.2) is 47.1 Å². The Balaban J connectivity index is 1.41. The monoisotopic (exact) mass is 413 g/mol. The number of furan rings is 1. The molecule has 2 heterocycles. The Hall–Kier alpha value is -3.13. The summed E-state index contributed by atoms with van der Waals surface area (Å²) in [4.78, 5) is 38.2. The fraction of sp³-hybridized carbons (Fsp3) is 0.409. The summed E-state index contributed by atoms with van der Waals surface area (Å²) in [5.41, 5.74) is 1.51. The predicted octanol–water partition coefficient (Wildman–Crippen LogP) is 1.97. The molecule has 1 aromatic heterocycles. The number of nitrogens with one attached hydrogen (secondary N) is 2. The van der Waals surface area contributed by atoms with Crippen LogP contribution in [0.5, 0.6) is 0 Å². The lowest BCUT2D eigenvalue weighted by Crippen LogP contribution is -2.48. The first kappa shape index (κ1) is 21.6. The van der Waals surface area contributed by atoms with Gasteiger partial charge in [0.15, 0.2) is 5.76 Å². The van der Waals surface area contributed by atoms with Crippen LogP contribution in [0.1, 0.15) is 46.7 Å². The highest BCUT2D eigenvalue weighted by molar-refractivity contribution is 5.94. The van der Waals surface area contributed by atoms with Gasteiger partial charge in [-0.05, 0) is 43.7 Å². The van der Waals surface area contributed by atoms with Crippen molar-refractivity contribution in [2.75, 3.05) is 19.6 Å². The number of amides is 3. The second-order valence-electron chi connectivity index (χ2n) is 7.42. The average Bonchev–Trinajstić information content (AvgIpc) is 3.26. The highest BCUT2D eigenvalue weighted by Gasteiger charge is 2.26. The smallest absolute Gasteiger partial charge is 0.286 e. The number of morpholine rings is 1. The minimum Gasteiger partial charge on any atom is -0.459 e. The number of benzene rings is 1. The standard InChI is InChI=1S/C22H27N3O5/c1-15-13-25(14-16(2)30-15)22(28)18-7-5-17(6-8-18)12-24-20(26)9-10-23-21(27)19-4-3-11-29-19/h3-8,11,15-16H,9-10,12-14H2,1-2H3,(H,23,27)(H,24,26). The molecule has 30 heavy (non-hydrogen) atoms. The molecule has 2 N–H and O–H groups in total. The zero-order valence-electron chi connectivity index (χ0n) is 17.2. The second-order valence-corrected chi connectivity index (χ2v) is 7.42. The molecule has 1 aromatic carbocycles. The highest BCUT2D eigenvalue weighted by Crippen LogP contribution is 2.15. The molecule has 1 aliphatic rings. The van der Waals surface area contributed by atoms with Crippen molar-refractivity contribution in [1.82, 2.24) is 15.5 Å². The van der Waals surface area contributed by atoms with Crippen LogP contribution in [0.25, 0.3) is 0 Å². The van der Waals surface area contributed by atoms with Gasteiger partial charge in [-0.15, -0.1) is 0 Å². The quantitative estimate of drug-likeness (QED) is 0.723. The number of hydrogen-bond donors (Lipinski definition) is 2. The predicted molar refractivity (Wildman–Crippen MR) is 110 cm³/mol. The zero-order valence-corrected chi connectivity index (χ0v) is 17.2. The van der Waals surface area contributed by atoms with Gasteiger partial charge in [-0.3, -0.25) is 14.4 Å². The van der Waals surface area contributed by atoms with Crippen LogP contribution in [-0.2, 0) is 16.1 Å². The summed E-state index contributed by atoms with van der Waals surface area (Å²) >= 11 is 0. The third-order valence-electron chi connectivity index (χ3n) is 4.78. The van der Waals surface area contributed by atoms with Crippen LogP contribution in [0, 0.1) is 0 Å². The molecule has 8 heteroatoms. The average molecular weight is 413 g/mol. The number of ether oxygens (including phenoxy) is 1. The topological polar surface area (TPSA) is 101 Å². The van der Waals surface area contributed by atoms with Crippen LogP contribution < -0.4 is 10.6 Å². The Bertz CT molecular complexity index is 853. The Labute approximate surface area is 175 Å². The van der Waals surface area contributed by atoms with Gasteiger partial charge in [0.1, 0.15) is 0 Å². The first-order valence-corrected chi connectivity index (χ1v) is 10.0. The van der Waals surface area contributed by atoms with Crippen LogP contribution in [0.4, 0.5) is 0 Å². The zero-order chi connectivity index (χ0) is 21.5. The molecule has 2 atom stereocenters. The van der Waals surface area contributed by atoms with E-state index in [1.54, 1.807) is 24.3 Å². The van der Waals surface area contributed by atoms with Crippen molar-refractivity contribution < 1.29 is 23.5 Å². The molecule has 0 saturated carbocycles. The van der Waals surface area contributed by atoms with E-state index < -0.39 is 0 Å². The van der Waals surface area contributed by atoms with Gasteiger partial charge in [0.2, 0.25) is 5.91 Å². The van der Waals surface area contributed by atoms with Crippen molar-refractivity contribution >= 4 is 17.7 Å². The minimum atomic E-state index is -0.350. The normalized spacial score (nSPS) is 18.7. The molecular weight excluding hydrogens is 386 g/mol. The fourth-order valence-electron chi connectivity index (χ4n) is 3.36. The highest BCUT2D eigenvalue weighted by atomic mass is 16.5. The summed E-state index contributed by atoms with van der Waals surface area (Å²) in [6.45, 7) is 5.66. The summed E-state index contributed by atoms with van der Waals surface area (Å²) in [7, 11) is 0. The van der Waals surface area contributed by atoms with Crippen LogP contribution in [0.2, 0.25) is 0 Å². The summed E-state index contributed by atoms with van der Waals surface area (Å²) in [5, 5.41) is 5.43.